The Morgan fingerprint density at radius 1 is 1.35 bits per heavy atom. The first-order valence-electron chi connectivity index (χ1n) is 6.55. The summed E-state index contributed by atoms with van der Waals surface area (Å²) in [4.78, 5) is 24.8. The summed E-state index contributed by atoms with van der Waals surface area (Å²) in [6.45, 7) is 0. The van der Waals surface area contributed by atoms with Crippen LogP contribution in [0, 0.1) is 0 Å². The van der Waals surface area contributed by atoms with E-state index in [1.54, 1.807) is 18.0 Å². The molecule has 20 heavy (non-hydrogen) atoms. The molecule has 108 valence electrons. The number of aromatic carboxylic acids is 1. The molecule has 1 aromatic carbocycles. The van der Waals surface area contributed by atoms with E-state index in [1.807, 2.05) is 0 Å². The molecule has 2 amide bonds. The molecule has 0 aromatic heterocycles. The van der Waals surface area contributed by atoms with Crippen LogP contribution in [0.15, 0.2) is 18.2 Å². The zero-order valence-corrected chi connectivity index (χ0v) is 12.0. The van der Waals surface area contributed by atoms with Crippen molar-refractivity contribution < 1.29 is 14.7 Å². The largest absolute Gasteiger partial charge is 0.478 e. The highest BCUT2D eigenvalue weighted by molar-refractivity contribution is 6.33. The van der Waals surface area contributed by atoms with E-state index in [1.165, 1.54) is 12.1 Å². The summed E-state index contributed by atoms with van der Waals surface area (Å²) < 4.78 is 0. The van der Waals surface area contributed by atoms with Gasteiger partial charge >= 0.3 is 12.0 Å². The van der Waals surface area contributed by atoms with Gasteiger partial charge in [-0.25, -0.2) is 9.59 Å². The second kappa shape index (κ2) is 6.13. The number of halogens is 1. The summed E-state index contributed by atoms with van der Waals surface area (Å²) >= 11 is 5.79. The van der Waals surface area contributed by atoms with Crippen molar-refractivity contribution in [2.75, 3.05) is 12.4 Å². The molecule has 0 atom stereocenters. The van der Waals surface area contributed by atoms with Crippen molar-refractivity contribution in [1.29, 1.82) is 0 Å². The van der Waals surface area contributed by atoms with Gasteiger partial charge in [-0.1, -0.05) is 24.4 Å². The van der Waals surface area contributed by atoms with Crippen LogP contribution in [0.5, 0.6) is 0 Å². The Morgan fingerprint density at radius 3 is 2.60 bits per heavy atom. The molecule has 2 rings (SSSR count). The van der Waals surface area contributed by atoms with Gasteiger partial charge in [-0.15, -0.1) is 0 Å². The van der Waals surface area contributed by atoms with Crippen molar-refractivity contribution in [2.45, 2.75) is 31.7 Å². The number of hydrogen-bond donors (Lipinski definition) is 2. The van der Waals surface area contributed by atoms with Crippen LogP contribution in [-0.4, -0.2) is 35.1 Å². The highest BCUT2D eigenvalue weighted by Gasteiger charge is 2.23. The molecule has 0 bridgehead atoms. The summed E-state index contributed by atoms with van der Waals surface area (Å²) in [5.74, 6) is -1.12. The molecule has 0 saturated heterocycles. The topological polar surface area (TPSA) is 69.6 Å². The zero-order chi connectivity index (χ0) is 14.7. The Morgan fingerprint density at radius 2 is 2.00 bits per heavy atom. The molecule has 1 saturated carbocycles. The van der Waals surface area contributed by atoms with E-state index >= 15 is 0 Å². The van der Waals surface area contributed by atoms with Crippen molar-refractivity contribution in [3.8, 4) is 0 Å². The minimum Gasteiger partial charge on any atom is -0.478 e. The van der Waals surface area contributed by atoms with Crippen LogP contribution in [0.3, 0.4) is 0 Å². The number of carbonyl (C=O) groups is 2. The molecule has 2 N–H and O–H groups in total. The molecule has 1 aromatic rings. The number of carbonyl (C=O) groups excluding carboxylic acids is 1. The molecule has 1 aliphatic rings. The van der Waals surface area contributed by atoms with Crippen LogP contribution in [0.4, 0.5) is 10.5 Å². The molecule has 0 unspecified atom stereocenters. The lowest BCUT2D eigenvalue weighted by Crippen LogP contribution is -2.38. The van der Waals surface area contributed by atoms with Crippen molar-refractivity contribution in [3.63, 3.8) is 0 Å². The third-order valence-corrected chi connectivity index (χ3v) is 3.97. The lowest BCUT2D eigenvalue weighted by Gasteiger charge is -2.24. The maximum absolute atomic E-state index is 12.1. The minimum absolute atomic E-state index is 0.0204. The fraction of sp³-hybridized carbons (Fsp3) is 0.429. The average molecular weight is 297 g/mol. The smallest absolute Gasteiger partial charge is 0.337 e. The van der Waals surface area contributed by atoms with Gasteiger partial charge in [0.1, 0.15) is 0 Å². The first kappa shape index (κ1) is 14.7. The standard InChI is InChI=1S/C14H17ClN2O3/c1-17(10-4-2-3-5-10)14(20)16-9-6-7-12(15)11(8-9)13(18)19/h6-8,10H,2-5H2,1H3,(H,16,20)(H,18,19). The van der Waals surface area contributed by atoms with Crippen LogP contribution >= 0.6 is 11.6 Å². The Bertz CT molecular complexity index is 527. The lowest BCUT2D eigenvalue weighted by molar-refractivity contribution is 0.0697. The van der Waals surface area contributed by atoms with Crippen LogP contribution in [0.1, 0.15) is 36.0 Å². The summed E-state index contributed by atoms with van der Waals surface area (Å²) in [5, 5.41) is 11.9. The molecule has 1 aliphatic carbocycles. The third kappa shape index (κ3) is 3.22. The van der Waals surface area contributed by atoms with Gasteiger partial charge in [0.05, 0.1) is 10.6 Å². The molecule has 5 nitrogen and oxygen atoms in total. The fourth-order valence-corrected chi connectivity index (χ4v) is 2.63. The van der Waals surface area contributed by atoms with E-state index in [9.17, 15) is 9.59 Å². The van der Waals surface area contributed by atoms with Crippen LogP contribution in [0.25, 0.3) is 0 Å². The van der Waals surface area contributed by atoms with E-state index < -0.39 is 5.97 Å². The maximum atomic E-state index is 12.1. The molecule has 0 radical (unpaired) electrons. The SMILES string of the molecule is CN(C(=O)Nc1ccc(Cl)c(C(=O)O)c1)C1CCCC1. The highest BCUT2D eigenvalue weighted by Crippen LogP contribution is 2.24. The molecule has 6 heteroatoms. The maximum Gasteiger partial charge on any atom is 0.337 e. The van der Waals surface area contributed by atoms with Gasteiger partial charge in [-0.05, 0) is 31.0 Å². The van der Waals surface area contributed by atoms with Crippen molar-refractivity contribution in [3.05, 3.63) is 28.8 Å². The molecule has 0 heterocycles. The predicted molar refractivity (Wildman–Crippen MR) is 77.4 cm³/mol. The second-order valence-corrected chi connectivity index (χ2v) is 5.39. The molecule has 0 spiro atoms. The number of urea groups is 1. The van der Waals surface area contributed by atoms with Gasteiger partial charge in [0, 0.05) is 18.8 Å². The Balaban J connectivity index is 2.07. The fourth-order valence-electron chi connectivity index (χ4n) is 2.44. The molecule has 0 aliphatic heterocycles. The lowest BCUT2D eigenvalue weighted by atomic mass is 10.2. The van der Waals surface area contributed by atoms with E-state index in [2.05, 4.69) is 5.32 Å². The van der Waals surface area contributed by atoms with Gasteiger partial charge in [0.2, 0.25) is 0 Å². The molecule has 1 fully saturated rings. The van der Waals surface area contributed by atoms with Crippen LogP contribution < -0.4 is 5.32 Å². The average Bonchev–Trinajstić information content (AvgIpc) is 2.93. The summed E-state index contributed by atoms with van der Waals surface area (Å²) in [6.07, 6.45) is 4.33. The molecular weight excluding hydrogens is 280 g/mol. The van der Waals surface area contributed by atoms with E-state index in [0.29, 0.717) is 5.69 Å². The number of hydrogen-bond acceptors (Lipinski definition) is 2. The number of benzene rings is 1. The number of rotatable bonds is 3. The number of nitrogens with one attached hydrogen (secondary N) is 1. The van der Waals surface area contributed by atoms with Gasteiger partial charge < -0.3 is 15.3 Å². The first-order valence-corrected chi connectivity index (χ1v) is 6.93. The number of carboxylic acid groups (broad SMARTS) is 1. The Kier molecular flexibility index (Phi) is 4.49. The minimum atomic E-state index is -1.12. The van der Waals surface area contributed by atoms with Gasteiger partial charge in [0.25, 0.3) is 0 Å². The molecular formula is C14H17ClN2O3. The van der Waals surface area contributed by atoms with Crippen LogP contribution in [-0.2, 0) is 0 Å². The zero-order valence-electron chi connectivity index (χ0n) is 11.2. The second-order valence-electron chi connectivity index (χ2n) is 4.98. The van der Waals surface area contributed by atoms with Gasteiger partial charge in [0.15, 0.2) is 0 Å². The Labute approximate surface area is 122 Å². The number of anilines is 1. The van der Waals surface area contributed by atoms with E-state index in [4.69, 9.17) is 16.7 Å². The van der Waals surface area contributed by atoms with Gasteiger partial charge in [-0.2, -0.15) is 0 Å². The van der Waals surface area contributed by atoms with E-state index in [0.717, 1.165) is 25.7 Å². The third-order valence-electron chi connectivity index (χ3n) is 3.64. The van der Waals surface area contributed by atoms with Crippen molar-refractivity contribution >= 4 is 29.3 Å². The van der Waals surface area contributed by atoms with Crippen molar-refractivity contribution in [1.82, 2.24) is 4.90 Å². The summed E-state index contributed by atoms with van der Waals surface area (Å²) in [5.41, 5.74) is 0.412. The van der Waals surface area contributed by atoms with E-state index in [-0.39, 0.29) is 22.7 Å². The number of carboxylic acids is 1. The van der Waals surface area contributed by atoms with Gasteiger partial charge in [-0.3, -0.25) is 0 Å². The van der Waals surface area contributed by atoms with Crippen molar-refractivity contribution in [2.24, 2.45) is 0 Å². The first-order chi connectivity index (χ1) is 9.49. The predicted octanol–water partition coefficient (Wildman–Crippen LogP) is 3.44. The summed E-state index contributed by atoms with van der Waals surface area (Å²) in [7, 11) is 1.76. The summed E-state index contributed by atoms with van der Waals surface area (Å²) in [6, 6.07) is 4.47. The monoisotopic (exact) mass is 296 g/mol. The number of nitrogens with zero attached hydrogens (tertiary/aromatic N) is 1. The van der Waals surface area contributed by atoms with Crippen LogP contribution in [0.2, 0.25) is 5.02 Å². The number of amides is 2. The highest BCUT2D eigenvalue weighted by atomic mass is 35.5. The Hall–Kier alpha value is -1.75. The normalized spacial score (nSPS) is 15.1. The quantitative estimate of drug-likeness (QED) is 0.897.